The van der Waals surface area contributed by atoms with E-state index in [-0.39, 0.29) is 0 Å². The van der Waals surface area contributed by atoms with Crippen LogP contribution in [0.2, 0.25) is 0 Å². The van der Waals surface area contributed by atoms with Crippen LogP contribution in [0.1, 0.15) is 28.4 Å². The minimum absolute atomic E-state index is 0.543. The lowest BCUT2D eigenvalue weighted by Crippen LogP contribution is -1.95. The van der Waals surface area contributed by atoms with Crippen LogP contribution in [0.25, 0.3) is 0 Å². The molecule has 2 aromatic rings. The number of pyridine rings is 1. The van der Waals surface area contributed by atoms with Gasteiger partial charge in [-0.05, 0) is 31.0 Å². The molecule has 3 heteroatoms. The third kappa shape index (κ3) is 2.56. The quantitative estimate of drug-likeness (QED) is 0.768. The summed E-state index contributed by atoms with van der Waals surface area (Å²) in [5.74, 6) is 1.36. The Hall–Kier alpha value is -2.16. The minimum Gasteiger partial charge on any atom is -0.438 e. The summed E-state index contributed by atoms with van der Waals surface area (Å²) in [6.45, 7) is 3.96. The second kappa shape index (κ2) is 5.45. The number of ether oxygens (including phenoxy) is 1. The number of benzene rings is 1. The molecule has 1 aromatic carbocycles. The SMILES string of the molecule is CCc1ccccc1Oc1ncc(C=O)cc1C. The molecule has 0 amide bonds. The number of para-hydroxylation sites is 1. The van der Waals surface area contributed by atoms with Crippen LogP contribution in [0, 0.1) is 6.92 Å². The highest BCUT2D eigenvalue weighted by atomic mass is 16.5. The number of hydrogen-bond acceptors (Lipinski definition) is 3. The summed E-state index contributed by atoms with van der Waals surface area (Å²) in [5, 5.41) is 0. The van der Waals surface area contributed by atoms with E-state index in [0.29, 0.717) is 11.4 Å². The zero-order chi connectivity index (χ0) is 13.0. The van der Waals surface area contributed by atoms with Gasteiger partial charge in [0.05, 0.1) is 0 Å². The number of aldehydes is 1. The van der Waals surface area contributed by atoms with Gasteiger partial charge in [-0.3, -0.25) is 4.79 Å². The van der Waals surface area contributed by atoms with Crippen molar-refractivity contribution in [1.29, 1.82) is 0 Å². The Balaban J connectivity index is 2.31. The molecule has 1 heterocycles. The molecule has 0 aliphatic heterocycles. The van der Waals surface area contributed by atoms with Gasteiger partial charge >= 0.3 is 0 Å². The van der Waals surface area contributed by atoms with Crippen LogP contribution in [-0.2, 0) is 6.42 Å². The molecule has 0 atom stereocenters. The van der Waals surface area contributed by atoms with Gasteiger partial charge in [0.25, 0.3) is 0 Å². The lowest BCUT2D eigenvalue weighted by atomic mass is 10.1. The van der Waals surface area contributed by atoms with Crippen LogP contribution in [0.4, 0.5) is 0 Å². The molecule has 0 spiro atoms. The highest BCUT2D eigenvalue weighted by molar-refractivity contribution is 5.74. The molecular formula is C15H15NO2. The van der Waals surface area contributed by atoms with Crippen LogP contribution in [0.3, 0.4) is 0 Å². The van der Waals surface area contributed by atoms with E-state index >= 15 is 0 Å². The maximum absolute atomic E-state index is 10.6. The van der Waals surface area contributed by atoms with E-state index in [0.717, 1.165) is 29.6 Å². The van der Waals surface area contributed by atoms with Crippen molar-refractivity contribution in [2.24, 2.45) is 0 Å². The maximum atomic E-state index is 10.6. The summed E-state index contributed by atoms with van der Waals surface area (Å²) in [6.07, 6.45) is 3.20. The van der Waals surface area contributed by atoms with Gasteiger partial charge in [0, 0.05) is 17.3 Å². The van der Waals surface area contributed by atoms with Crippen LogP contribution >= 0.6 is 0 Å². The van der Waals surface area contributed by atoms with Gasteiger partial charge in [-0.1, -0.05) is 25.1 Å². The first-order valence-electron chi connectivity index (χ1n) is 5.92. The second-order valence-corrected chi connectivity index (χ2v) is 4.07. The third-order valence-corrected chi connectivity index (χ3v) is 2.75. The van der Waals surface area contributed by atoms with Crippen molar-refractivity contribution in [2.45, 2.75) is 20.3 Å². The Morgan fingerprint density at radius 2 is 2.11 bits per heavy atom. The molecule has 0 radical (unpaired) electrons. The van der Waals surface area contributed by atoms with Gasteiger partial charge in [-0.25, -0.2) is 4.98 Å². The summed E-state index contributed by atoms with van der Waals surface area (Å²) < 4.78 is 5.80. The topological polar surface area (TPSA) is 39.2 Å². The van der Waals surface area contributed by atoms with Gasteiger partial charge in [0.15, 0.2) is 6.29 Å². The minimum atomic E-state index is 0.543. The number of aromatic nitrogens is 1. The molecule has 92 valence electrons. The van der Waals surface area contributed by atoms with E-state index in [4.69, 9.17) is 4.74 Å². The highest BCUT2D eigenvalue weighted by Crippen LogP contribution is 2.26. The molecule has 0 N–H and O–H groups in total. The zero-order valence-corrected chi connectivity index (χ0v) is 10.5. The average molecular weight is 241 g/mol. The largest absolute Gasteiger partial charge is 0.438 e. The Kier molecular flexibility index (Phi) is 3.72. The van der Waals surface area contributed by atoms with Crippen molar-refractivity contribution >= 4 is 6.29 Å². The van der Waals surface area contributed by atoms with Crippen LogP contribution in [0.15, 0.2) is 36.5 Å². The fourth-order valence-corrected chi connectivity index (χ4v) is 1.75. The van der Waals surface area contributed by atoms with Gasteiger partial charge in [-0.2, -0.15) is 0 Å². The molecule has 18 heavy (non-hydrogen) atoms. The van der Waals surface area contributed by atoms with Gasteiger partial charge in [0.2, 0.25) is 5.88 Å². The molecule has 0 aliphatic carbocycles. The van der Waals surface area contributed by atoms with Crippen molar-refractivity contribution < 1.29 is 9.53 Å². The number of carbonyl (C=O) groups excluding carboxylic acids is 1. The Morgan fingerprint density at radius 3 is 2.78 bits per heavy atom. The molecule has 0 fully saturated rings. The van der Waals surface area contributed by atoms with Crippen molar-refractivity contribution in [3.05, 3.63) is 53.2 Å². The van der Waals surface area contributed by atoms with Gasteiger partial charge < -0.3 is 4.74 Å². The predicted octanol–water partition coefficient (Wildman–Crippen LogP) is 3.56. The number of nitrogens with zero attached hydrogens (tertiary/aromatic N) is 1. The highest BCUT2D eigenvalue weighted by Gasteiger charge is 2.07. The molecule has 2 rings (SSSR count). The fraction of sp³-hybridized carbons (Fsp3) is 0.200. The average Bonchev–Trinajstić information content (AvgIpc) is 2.41. The van der Waals surface area contributed by atoms with Crippen molar-refractivity contribution in [3.8, 4) is 11.6 Å². The van der Waals surface area contributed by atoms with Gasteiger partial charge in [-0.15, -0.1) is 0 Å². The molecule has 0 unspecified atom stereocenters. The van der Waals surface area contributed by atoms with E-state index in [9.17, 15) is 4.79 Å². The van der Waals surface area contributed by atoms with Crippen LogP contribution in [-0.4, -0.2) is 11.3 Å². The van der Waals surface area contributed by atoms with E-state index in [1.54, 1.807) is 6.07 Å². The predicted molar refractivity (Wildman–Crippen MR) is 70.3 cm³/mol. The lowest BCUT2D eigenvalue weighted by Gasteiger charge is -2.10. The Bertz CT molecular complexity index is 564. The van der Waals surface area contributed by atoms with E-state index < -0.39 is 0 Å². The van der Waals surface area contributed by atoms with E-state index in [1.165, 1.54) is 6.20 Å². The number of hydrogen-bond donors (Lipinski definition) is 0. The first kappa shape index (κ1) is 12.3. The fourth-order valence-electron chi connectivity index (χ4n) is 1.75. The third-order valence-electron chi connectivity index (χ3n) is 2.75. The maximum Gasteiger partial charge on any atom is 0.222 e. The Morgan fingerprint density at radius 1 is 1.33 bits per heavy atom. The normalized spacial score (nSPS) is 10.1. The summed E-state index contributed by atoms with van der Waals surface area (Å²) in [4.78, 5) is 14.8. The molecule has 0 aliphatic rings. The van der Waals surface area contributed by atoms with Crippen molar-refractivity contribution in [1.82, 2.24) is 4.98 Å². The van der Waals surface area contributed by atoms with Crippen molar-refractivity contribution in [3.63, 3.8) is 0 Å². The van der Waals surface area contributed by atoms with E-state index in [2.05, 4.69) is 11.9 Å². The molecule has 0 bridgehead atoms. The summed E-state index contributed by atoms with van der Waals surface area (Å²) in [6, 6.07) is 9.65. The smallest absolute Gasteiger partial charge is 0.222 e. The summed E-state index contributed by atoms with van der Waals surface area (Å²) in [5.41, 5.74) is 2.55. The lowest BCUT2D eigenvalue weighted by molar-refractivity contribution is 0.112. The summed E-state index contributed by atoms with van der Waals surface area (Å²) in [7, 11) is 0. The first-order chi connectivity index (χ1) is 8.74. The molecule has 1 aromatic heterocycles. The Labute approximate surface area is 106 Å². The molecule has 0 saturated heterocycles. The van der Waals surface area contributed by atoms with E-state index in [1.807, 2.05) is 31.2 Å². The molecular weight excluding hydrogens is 226 g/mol. The van der Waals surface area contributed by atoms with Crippen LogP contribution in [0.5, 0.6) is 11.6 Å². The number of carbonyl (C=O) groups is 1. The zero-order valence-electron chi connectivity index (χ0n) is 10.5. The first-order valence-corrected chi connectivity index (χ1v) is 5.92. The van der Waals surface area contributed by atoms with Crippen molar-refractivity contribution in [2.75, 3.05) is 0 Å². The standard InChI is InChI=1S/C15H15NO2/c1-3-13-6-4-5-7-14(13)18-15-11(2)8-12(10-17)9-16-15/h4-10H,3H2,1-2H3. The van der Waals surface area contributed by atoms with Gasteiger partial charge in [0.1, 0.15) is 5.75 Å². The molecule has 3 nitrogen and oxygen atoms in total. The second-order valence-electron chi connectivity index (χ2n) is 4.07. The molecule has 0 saturated carbocycles. The monoisotopic (exact) mass is 241 g/mol. The number of aryl methyl sites for hydroxylation is 2. The van der Waals surface area contributed by atoms with Crippen LogP contribution < -0.4 is 4.74 Å². The summed E-state index contributed by atoms with van der Waals surface area (Å²) >= 11 is 0. The number of rotatable bonds is 4.